The van der Waals surface area contributed by atoms with E-state index in [2.05, 4.69) is 4.74 Å². The van der Waals surface area contributed by atoms with Gasteiger partial charge in [-0.1, -0.05) is 6.92 Å². The van der Waals surface area contributed by atoms with E-state index in [0.717, 1.165) is 6.42 Å². The molecule has 72 valence electrons. The van der Waals surface area contributed by atoms with E-state index in [1.165, 1.54) is 7.11 Å². The minimum Gasteiger partial charge on any atom is -0.481 e. The summed E-state index contributed by atoms with van der Waals surface area (Å²) in [5.74, 6) is -1.31. The van der Waals surface area contributed by atoms with Gasteiger partial charge in [-0.2, -0.15) is 0 Å². The van der Waals surface area contributed by atoms with Crippen molar-refractivity contribution in [3.63, 3.8) is 0 Å². The summed E-state index contributed by atoms with van der Waals surface area (Å²) in [6.45, 7) is 1.31. The van der Waals surface area contributed by atoms with Crippen molar-refractivity contribution < 1.29 is 24.5 Å². The van der Waals surface area contributed by atoms with Crippen LogP contribution in [0.25, 0.3) is 0 Å². The van der Waals surface area contributed by atoms with Crippen molar-refractivity contribution in [2.75, 3.05) is 13.7 Å². The Morgan fingerprint density at radius 3 is 1.92 bits per heavy atom. The van der Waals surface area contributed by atoms with Gasteiger partial charge in [0, 0.05) is 6.42 Å². The maximum Gasteiger partial charge on any atom is 0.331 e. The van der Waals surface area contributed by atoms with Gasteiger partial charge in [0.2, 0.25) is 0 Å². The van der Waals surface area contributed by atoms with Gasteiger partial charge in [0.1, 0.15) is 6.61 Å². The van der Waals surface area contributed by atoms with E-state index in [-0.39, 0.29) is 0 Å². The zero-order chi connectivity index (χ0) is 9.98. The van der Waals surface area contributed by atoms with Crippen molar-refractivity contribution in [3.05, 3.63) is 0 Å². The summed E-state index contributed by atoms with van der Waals surface area (Å²) >= 11 is 0. The molecule has 0 rings (SSSR count). The molecule has 12 heavy (non-hydrogen) atoms. The molecule has 0 unspecified atom stereocenters. The quantitative estimate of drug-likeness (QED) is 0.595. The fourth-order valence-corrected chi connectivity index (χ4v) is 0.278. The third kappa shape index (κ3) is 16.0. The highest BCUT2D eigenvalue weighted by molar-refractivity contribution is 5.70. The van der Waals surface area contributed by atoms with Gasteiger partial charge in [-0.3, -0.25) is 4.79 Å². The van der Waals surface area contributed by atoms with Crippen LogP contribution in [0.2, 0.25) is 0 Å². The van der Waals surface area contributed by atoms with E-state index in [9.17, 15) is 9.59 Å². The second-order valence-electron chi connectivity index (χ2n) is 1.88. The average Bonchev–Trinajstić information content (AvgIpc) is 2.04. The van der Waals surface area contributed by atoms with Gasteiger partial charge < -0.3 is 14.9 Å². The first-order chi connectivity index (χ1) is 5.58. The average molecular weight is 178 g/mol. The molecule has 0 saturated carbocycles. The molecule has 0 spiro atoms. The van der Waals surface area contributed by atoms with Crippen molar-refractivity contribution in [1.82, 2.24) is 0 Å². The van der Waals surface area contributed by atoms with Crippen LogP contribution in [0.15, 0.2) is 0 Å². The number of aliphatic carboxylic acids is 1. The fourth-order valence-electron chi connectivity index (χ4n) is 0.278. The molecule has 0 bridgehead atoms. The first kappa shape index (κ1) is 13.5. The topological polar surface area (TPSA) is 83.8 Å². The summed E-state index contributed by atoms with van der Waals surface area (Å²) in [5, 5.41) is 15.8. The van der Waals surface area contributed by atoms with Crippen molar-refractivity contribution >= 4 is 11.9 Å². The van der Waals surface area contributed by atoms with Crippen LogP contribution in [-0.2, 0) is 14.3 Å². The lowest BCUT2D eigenvalue weighted by molar-refractivity contribution is -0.143. The van der Waals surface area contributed by atoms with Crippen LogP contribution in [0.5, 0.6) is 0 Å². The van der Waals surface area contributed by atoms with Crippen molar-refractivity contribution in [1.29, 1.82) is 0 Å². The van der Waals surface area contributed by atoms with Gasteiger partial charge in [0.25, 0.3) is 0 Å². The lowest BCUT2D eigenvalue weighted by atomic mass is 10.4. The maximum atomic E-state index is 9.71. The molecular formula is C7H14O5. The number of carbonyl (C=O) groups is 2. The number of carbonyl (C=O) groups excluding carboxylic acids is 1. The molecule has 0 radical (unpaired) electrons. The molecule has 0 amide bonds. The van der Waals surface area contributed by atoms with Crippen LogP contribution in [0, 0.1) is 0 Å². The molecule has 5 heteroatoms. The Hall–Kier alpha value is -1.10. The predicted octanol–water partition coefficient (Wildman–Crippen LogP) is 0.0228. The highest BCUT2D eigenvalue weighted by Crippen LogP contribution is 1.82. The number of aliphatic hydroxyl groups is 1. The van der Waals surface area contributed by atoms with E-state index in [1.54, 1.807) is 0 Å². The highest BCUT2D eigenvalue weighted by Gasteiger charge is 1.89. The number of carboxylic acids is 1. The smallest absolute Gasteiger partial charge is 0.331 e. The van der Waals surface area contributed by atoms with Crippen LogP contribution in [0.1, 0.15) is 19.8 Å². The summed E-state index contributed by atoms with van der Waals surface area (Å²) in [6, 6.07) is 0. The molecule has 5 nitrogen and oxygen atoms in total. The van der Waals surface area contributed by atoms with E-state index in [4.69, 9.17) is 10.2 Å². The van der Waals surface area contributed by atoms with Gasteiger partial charge in [-0.15, -0.1) is 0 Å². The Labute approximate surface area is 71.0 Å². The van der Waals surface area contributed by atoms with E-state index in [1.807, 2.05) is 6.92 Å². The summed E-state index contributed by atoms with van der Waals surface area (Å²) in [7, 11) is 1.22. The zero-order valence-electron chi connectivity index (χ0n) is 7.24. The standard InChI is InChI=1S/C4H8O2.C3H6O3/c1-2-3-4(5)6;1-6-3(5)2-4/h2-3H2,1H3,(H,5,6);4H,2H2,1H3. The molecule has 0 aromatic rings. The molecule has 0 aromatic carbocycles. The fraction of sp³-hybridized carbons (Fsp3) is 0.714. The Morgan fingerprint density at radius 2 is 1.92 bits per heavy atom. The second kappa shape index (κ2) is 9.90. The van der Waals surface area contributed by atoms with Crippen molar-refractivity contribution in [2.45, 2.75) is 19.8 Å². The molecule has 0 aromatic heterocycles. The van der Waals surface area contributed by atoms with Gasteiger partial charge in [0.15, 0.2) is 0 Å². The van der Waals surface area contributed by atoms with Crippen LogP contribution in [-0.4, -0.2) is 35.9 Å². The third-order valence-corrected chi connectivity index (χ3v) is 0.821. The largest absolute Gasteiger partial charge is 0.481 e. The summed E-state index contributed by atoms with van der Waals surface area (Å²) in [6.07, 6.45) is 1.02. The molecule has 0 saturated heterocycles. The highest BCUT2D eigenvalue weighted by atomic mass is 16.5. The number of aliphatic hydroxyl groups excluding tert-OH is 1. The minimum atomic E-state index is -0.711. The Bertz CT molecular complexity index is 126. The van der Waals surface area contributed by atoms with Gasteiger partial charge in [0.05, 0.1) is 7.11 Å². The lowest BCUT2D eigenvalue weighted by Crippen LogP contribution is -2.04. The Kier molecular flexibility index (Phi) is 11.1. The number of ether oxygens (including phenoxy) is 1. The molecule has 0 fully saturated rings. The number of hydrogen-bond donors (Lipinski definition) is 2. The first-order valence-electron chi connectivity index (χ1n) is 3.47. The molecule has 0 atom stereocenters. The van der Waals surface area contributed by atoms with E-state index < -0.39 is 18.5 Å². The van der Waals surface area contributed by atoms with E-state index >= 15 is 0 Å². The SMILES string of the molecule is CCCC(=O)O.COC(=O)CO. The molecular weight excluding hydrogens is 164 g/mol. The molecule has 0 heterocycles. The van der Waals surface area contributed by atoms with Crippen molar-refractivity contribution in [2.24, 2.45) is 0 Å². The summed E-state index contributed by atoms with van der Waals surface area (Å²) in [4.78, 5) is 19.3. The molecule has 0 aliphatic rings. The minimum absolute atomic E-state index is 0.292. The van der Waals surface area contributed by atoms with E-state index in [0.29, 0.717) is 6.42 Å². The van der Waals surface area contributed by atoms with Crippen LogP contribution in [0.3, 0.4) is 0 Å². The Balaban J connectivity index is 0. The monoisotopic (exact) mass is 178 g/mol. The first-order valence-corrected chi connectivity index (χ1v) is 3.47. The predicted molar refractivity (Wildman–Crippen MR) is 41.6 cm³/mol. The number of esters is 1. The second-order valence-corrected chi connectivity index (χ2v) is 1.88. The molecule has 2 N–H and O–H groups in total. The van der Waals surface area contributed by atoms with Crippen LogP contribution >= 0.6 is 0 Å². The molecule has 0 aliphatic heterocycles. The number of hydrogen-bond acceptors (Lipinski definition) is 4. The Morgan fingerprint density at radius 1 is 1.42 bits per heavy atom. The summed E-state index contributed by atoms with van der Waals surface area (Å²) < 4.78 is 4.01. The lowest BCUT2D eigenvalue weighted by Gasteiger charge is -1.86. The van der Waals surface area contributed by atoms with Crippen LogP contribution < -0.4 is 0 Å². The zero-order valence-corrected chi connectivity index (χ0v) is 7.24. The van der Waals surface area contributed by atoms with Gasteiger partial charge in [-0.25, -0.2) is 4.79 Å². The van der Waals surface area contributed by atoms with Gasteiger partial charge >= 0.3 is 11.9 Å². The summed E-state index contributed by atoms with van der Waals surface area (Å²) in [5.41, 5.74) is 0. The normalized spacial score (nSPS) is 7.92. The van der Waals surface area contributed by atoms with Crippen LogP contribution in [0.4, 0.5) is 0 Å². The van der Waals surface area contributed by atoms with Crippen molar-refractivity contribution in [3.8, 4) is 0 Å². The third-order valence-electron chi connectivity index (χ3n) is 0.821. The molecule has 0 aliphatic carbocycles. The number of methoxy groups -OCH3 is 1. The number of carboxylic acid groups (broad SMARTS) is 1. The van der Waals surface area contributed by atoms with Gasteiger partial charge in [-0.05, 0) is 6.42 Å². The maximum absolute atomic E-state index is 9.71. The number of rotatable bonds is 3.